The van der Waals surface area contributed by atoms with Crippen LogP contribution in [0, 0.1) is 20.8 Å². The third-order valence-corrected chi connectivity index (χ3v) is 2.32. The molecule has 0 radical (unpaired) electrons. The Kier molecular flexibility index (Phi) is 3.95. The van der Waals surface area contributed by atoms with Crippen LogP contribution in [-0.2, 0) is 0 Å². The summed E-state index contributed by atoms with van der Waals surface area (Å²) in [6.45, 7) is 5.94. The second kappa shape index (κ2) is 4.28. The third-order valence-electron chi connectivity index (χ3n) is 2.32. The highest BCUT2D eigenvalue weighted by atomic mass is 35.5. The summed E-state index contributed by atoms with van der Waals surface area (Å²) in [5, 5.41) is 0. The van der Waals surface area contributed by atoms with Crippen molar-refractivity contribution in [3.8, 4) is 0 Å². The van der Waals surface area contributed by atoms with Gasteiger partial charge in [0.2, 0.25) is 5.91 Å². The van der Waals surface area contributed by atoms with E-state index < -0.39 is 0 Å². The summed E-state index contributed by atoms with van der Waals surface area (Å²) in [6.07, 6.45) is 0. The number of amides is 1. The summed E-state index contributed by atoms with van der Waals surface area (Å²) in [5.74, 6) is -0.351. The minimum Gasteiger partial charge on any atom is -0.366 e. The molecule has 0 saturated heterocycles. The summed E-state index contributed by atoms with van der Waals surface area (Å²) >= 11 is 0. The van der Waals surface area contributed by atoms with Crippen LogP contribution in [0.2, 0.25) is 0 Å². The largest absolute Gasteiger partial charge is 0.366 e. The highest BCUT2D eigenvalue weighted by Gasteiger charge is 2.07. The van der Waals surface area contributed by atoms with Crippen molar-refractivity contribution in [1.82, 2.24) is 0 Å². The fourth-order valence-electron chi connectivity index (χ4n) is 1.22. The number of rotatable bonds is 1. The Morgan fingerprint density at radius 2 is 1.69 bits per heavy atom. The van der Waals surface area contributed by atoms with E-state index in [9.17, 15) is 4.79 Å². The lowest BCUT2D eigenvalue weighted by Gasteiger charge is -2.07. The third kappa shape index (κ3) is 2.22. The molecule has 0 aromatic heterocycles. The minimum atomic E-state index is -0.351. The van der Waals surface area contributed by atoms with E-state index in [0.29, 0.717) is 5.56 Å². The van der Waals surface area contributed by atoms with Gasteiger partial charge in [-0.25, -0.2) is 0 Å². The van der Waals surface area contributed by atoms with Gasteiger partial charge in [0, 0.05) is 5.56 Å². The average Bonchev–Trinajstić information content (AvgIpc) is 2.00. The lowest BCUT2D eigenvalue weighted by molar-refractivity contribution is 0.0999. The van der Waals surface area contributed by atoms with Gasteiger partial charge in [-0.1, -0.05) is 6.07 Å². The van der Waals surface area contributed by atoms with Crippen molar-refractivity contribution in [3.05, 3.63) is 34.4 Å². The van der Waals surface area contributed by atoms with Crippen molar-refractivity contribution in [1.29, 1.82) is 0 Å². The van der Waals surface area contributed by atoms with E-state index in [1.165, 1.54) is 5.56 Å². The molecule has 0 atom stereocenters. The van der Waals surface area contributed by atoms with Crippen molar-refractivity contribution in [2.75, 3.05) is 0 Å². The maximum atomic E-state index is 10.9. The summed E-state index contributed by atoms with van der Waals surface area (Å²) in [4.78, 5) is 10.9. The van der Waals surface area contributed by atoms with Crippen LogP contribution in [0.1, 0.15) is 27.0 Å². The number of hydrogen-bond donors (Lipinski definition) is 1. The molecule has 0 aliphatic carbocycles. The number of hydrogen-bond acceptors (Lipinski definition) is 1. The molecule has 72 valence electrons. The first-order valence-electron chi connectivity index (χ1n) is 3.90. The van der Waals surface area contributed by atoms with E-state index in [1.807, 2.05) is 26.8 Å². The minimum absolute atomic E-state index is 0. The van der Waals surface area contributed by atoms with Crippen molar-refractivity contribution < 1.29 is 4.79 Å². The number of carbonyl (C=O) groups excluding carboxylic acids is 1. The zero-order valence-electron chi connectivity index (χ0n) is 8.05. The monoisotopic (exact) mass is 199 g/mol. The van der Waals surface area contributed by atoms with E-state index in [-0.39, 0.29) is 18.3 Å². The number of aryl methyl sites for hydroxylation is 1. The molecular formula is C10H14ClNO. The summed E-state index contributed by atoms with van der Waals surface area (Å²) in [7, 11) is 0. The van der Waals surface area contributed by atoms with Crippen molar-refractivity contribution >= 4 is 18.3 Å². The topological polar surface area (TPSA) is 43.1 Å². The molecule has 13 heavy (non-hydrogen) atoms. The van der Waals surface area contributed by atoms with E-state index in [2.05, 4.69) is 0 Å². The average molecular weight is 200 g/mol. The first-order valence-corrected chi connectivity index (χ1v) is 3.90. The summed E-state index contributed by atoms with van der Waals surface area (Å²) < 4.78 is 0. The number of halogens is 1. The molecule has 0 aliphatic heterocycles. The van der Waals surface area contributed by atoms with Crippen LogP contribution in [0.15, 0.2) is 12.1 Å². The van der Waals surface area contributed by atoms with Gasteiger partial charge < -0.3 is 5.73 Å². The molecule has 0 fully saturated rings. The van der Waals surface area contributed by atoms with Gasteiger partial charge in [0.1, 0.15) is 0 Å². The molecule has 0 heterocycles. The Balaban J connectivity index is 0.00000144. The smallest absolute Gasteiger partial charge is 0.248 e. The van der Waals surface area contributed by atoms with Crippen LogP contribution in [0.5, 0.6) is 0 Å². The molecule has 0 aliphatic rings. The van der Waals surface area contributed by atoms with Gasteiger partial charge in [-0.05, 0) is 43.5 Å². The molecule has 0 saturated carbocycles. The molecule has 0 bridgehead atoms. The zero-order valence-corrected chi connectivity index (χ0v) is 8.87. The van der Waals surface area contributed by atoms with Gasteiger partial charge in [0.15, 0.2) is 0 Å². The Hall–Kier alpha value is -1.02. The van der Waals surface area contributed by atoms with E-state index >= 15 is 0 Å². The maximum absolute atomic E-state index is 10.9. The highest BCUT2D eigenvalue weighted by Crippen LogP contribution is 2.16. The van der Waals surface area contributed by atoms with E-state index in [4.69, 9.17) is 5.73 Å². The van der Waals surface area contributed by atoms with Gasteiger partial charge >= 0.3 is 0 Å². The van der Waals surface area contributed by atoms with Crippen LogP contribution in [0.3, 0.4) is 0 Å². The van der Waals surface area contributed by atoms with Crippen molar-refractivity contribution in [3.63, 3.8) is 0 Å². The van der Waals surface area contributed by atoms with Crippen LogP contribution >= 0.6 is 12.4 Å². The van der Waals surface area contributed by atoms with Crippen molar-refractivity contribution in [2.45, 2.75) is 20.8 Å². The quantitative estimate of drug-likeness (QED) is 0.740. The molecule has 1 amide bonds. The molecule has 2 nitrogen and oxygen atoms in total. The van der Waals surface area contributed by atoms with Gasteiger partial charge in [0.05, 0.1) is 0 Å². The highest BCUT2D eigenvalue weighted by molar-refractivity contribution is 5.94. The van der Waals surface area contributed by atoms with E-state index in [1.54, 1.807) is 6.07 Å². The molecule has 1 aromatic rings. The molecular weight excluding hydrogens is 186 g/mol. The summed E-state index contributed by atoms with van der Waals surface area (Å²) in [6, 6.07) is 3.70. The Labute approximate surface area is 84.5 Å². The van der Waals surface area contributed by atoms with Crippen LogP contribution in [-0.4, -0.2) is 5.91 Å². The Bertz CT molecular complexity index is 334. The number of nitrogens with two attached hydrogens (primary N) is 1. The Morgan fingerprint density at radius 1 is 1.15 bits per heavy atom. The van der Waals surface area contributed by atoms with Gasteiger partial charge in [-0.15, -0.1) is 12.4 Å². The molecule has 1 rings (SSSR count). The number of primary amides is 1. The first-order chi connectivity index (χ1) is 5.54. The molecule has 0 unspecified atom stereocenters. The molecule has 0 spiro atoms. The predicted octanol–water partition coefficient (Wildman–Crippen LogP) is 2.13. The molecule has 1 aromatic carbocycles. The number of benzene rings is 1. The van der Waals surface area contributed by atoms with E-state index in [0.717, 1.165) is 11.1 Å². The SMILES string of the molecule is Cc1ccc(C(N)=O)c(C)c1C.Cl. The van der Waals surface area contributed by atoms with Gasteiger partial charge in [-0.3, -0.25) is 4.79 Å². The lowest BCUT2D eigenvalue weighted by Crippen LogP contribution is -2.13. The van der Waals surface area contributed by atoms with Gasteiger partial charge in [0.25, 0.3) is 0 Å². The normalized spacial score (nSPS) is 9.15. The second-order valence-corrected chi connectivity index (χ2v) is 3.04. The standard InChI is InChI=1S/C10H13NO.ClH/c1-6-4-5-9(10(11)12)8(3)7(6)2;/h4-5H,1-3H3,(H2,11,12);1H. The van der Waals surface area contributed by atoms with Crippen LogP contribution < -0.4 is 5.73 Å². The fraction of sp³-hybridized carbons (Fsp3) is 0.300. The van der Waals surface area contributed by atoms with Crippen LogP contribution in [0.25, 0.3) is 0 Å². The Morgan fingerprint density at radius 3 is 2.15 bits per heavy atom. The fourth-order valence-corrected chi connectivity index (χ4v) is 1.22. The zero-order chi connectivity index (χ0) is 9.30. The van der Waals surface area contributed by atoms with Crippen LogP contribution in [0.4, 0.5) is 0 Å². The molecule has 2 N–H and O–H groups in total. The van der Waals surface area contributed by atoms with Gasteiger partial charge in [-0.2, -0.15) is 0 Å². The lowest BCUT2D eigenvalue weighted by atomic mass is 9.99. The maximum Gasteiger partial charge on any atom is 0.248 e. The number of carbonyl (C=O) groups is 1. The predicted molar refractivity (Wildman–Crippen MR) is 56.4 cm³/mol. The van der Waals surface area contributed by atoms with Crippen molar-refractivity contribution in [2.24, 2.45) is 5.73 Å². The molecule has 3 heteroatoms. The second-order valence-electron chi connectivity index (χ2n) is 3.04. The summed E-state index contributed by atoms with van der Waals surface area (Å²) in [5.41, 5.74) is 9.14. The first kappa shape index (κ1) is 12.0.